The third-order valence-corrected chi connectivity index (χ3v) is 4.14. The maximum absolute atomic E-state index is 5.72. The summed E-state index contributed by atoms with van der Waals surface area (Å²) in [4.78, 5) is 9.10. The van der Waals surface area contributed by atoms with Gasteiger partial charge in [0.2, 0.25) is 0 Å². The molecule has 0 aliphatic heterocycles. The fraction of sp³-hybridized carbons (Fsp3) is 0.273. The topological polar surface area (TPSA) is 58.5 Å². The van der Waals surface area contributed by atoms with Gasteiger partial charge in [0.15, 0.2) is 5.96 Å². The second-order valence-electron chi connectivity index (χ2n) is 6.15. The zero-order valence-electron chi connectivity index (χ0n) is 15.7. The highest BCUT2D eigenvalue weighted by atomic mass is 16.5. The number of ether oxygens (including phenoxy) is 1. The molecular formula is C22H26N4O. The van der Waals surface area contributed by atoms with E-state index in [-0.39, 0.29) is 0 Å². The summed E-state index contributed by atoms with van der Waals surface area (Å²) in [6.07, 6.45) is 1.84. The Morgan fingerprint density at radius 2 is 1.81 bits per heavy atom. The molecule has 5 heteroatoms. The fourth-order valence-electron chi connectivity index (χ4n) is 2.80. The van der Waals surface area contributed by atoms with E-state index in [1.54, 1.807) is 0 Å². The number of fused-ring (bicyclic) bond motifs is 1. The number of hydrogen-bond acceptors (Lipinski definition) is 3. The van der Waals surface area contributed by atoms with Gasteiger partial charge in [0.05, 0.1) is 25.3 Å². The minimum absolute atomic E-state index is 0.600. The van der Waals surface area contributed by atoms with Crippen molar-refractivity contribution < 1.29 is 4.74 Å². The molecule has 0 bridgehead atoms. The normalized spacial score (nSPS) is 11.5. The van der Waals surface area contributed by atoms with Crippen LogP contribution in [0, 0.1) is 0 Å². The molecule has 3 rings (SSSR count). The minimum atomic E-state index is 0.600. The molecule has 5 nitrogen and oxygen atoms in total. The van der Waals surface area contributed by atoms with Crippen LogP contribution in [0.5, 0.6) is 0 Å². The van der Waals surface area contributed by atoms with Crippen LogP contribution in [0.1, 0.15) is 18.1 Å². The van der Waals surface area contributed by atoms with E-state index in [9.17, 15) is 0 Å². The molecule has 27 heavy (non-hydrogen) atoms. The Bertz CT molecular complexity index is 859. The first-order valence-electron chi connectivity index (χ1n) is 9.33. The molecule has 2 aromatic carbocycles. The van der Waals surface area contributed by atoms with Crippen LogP contribution in [-0.2, 0) is 17.9 Å². The number of guanidine groups is 1. The number of aliphatic imine (C=N–C) groups is 1. The van der Waals surface area contributed by atoms with Gasteiger partial charge in [0, 0.05) is 24.7 Å². The van der Waals surface area contributed by atoms with Crippen molar-refractivity contribution in [3.05, 3.63) is 78.0 Å². The molecule has 0 fully saturated rings. The molecule has 0 saturated carbocycles. The molecule has 0 atom stereocenters. The van der Waals surface area contributed by atoms with Gasteiger partial charge in [0.1, 0.15) is 0 Å². The number of nitrogens with zero attached hydrogens (tertiary/aromatic N) is 2. The van der Waals surface area contributed by atoms with Crippen molar-refractivity contribution in [2.24, 2.45) is 4.99 Å². The quantitative estimate of drug-likeness (QED) is 0.366. The van der Waals surface area contributed by atoms with E-state index in [1.165, 1.54) is 5.56 Å². The molecule has 140 valence electrons. The Morgan fingerprint density at radius 1 is 1.00 bits per heavy atom. The van der Waals surface area contributed by atoms with Crippen molar-refractivity contribution in [2.75, 3.05) is 19.7 Å². The van der Waals surface area contributed by atoms with E-state index in [1.807, 2.05) is 48.7 Å². The molecule has 2 N–H and O–H groups in total. The first-order valence-corrected chi connectivity index (χ1v) is 9.33. The van der Waals surface area contributed by atoms with Crippen LogP contribution in [0.25, 0.3) is 10.9 Å². The molecule has 0 unspecified atom stereocenters. The second-order valence-corrected chi connectivity index (χ2v) is 6.15. The molecule has 0 saturated heterocycles. The van der Waals surface area contributed by atoms with Crippen molar-refractivity contribution in [1.82, 2.24) is 15.6 Å². The molecule has 0 radical (unpaired) electrons. The summed E-state index contributed by atoms with van der Waals surface area (Å²) in [5, 5.41) is 7.74. The lowest BCUT2D eigenvalue weighted by Gasteiger charge is -2.12. The second kappa shape index (κ2) is 10.3. The summed E-state index contributed by atoms with van der Waals surface area (Å²) in [7, 11) is 0. The van der Waals surface area contributed by atoms with Crippen LogP contribution >= 0.6 is 0 Å². The lowest BCUT2D eigenvalue weighted by molar-refractivity contribution is 0.125. The Labute approximate surface area is 160 Å². The van der Waals surface area contributed by atoms with E-state index < -0.39 is 0 Å². The predicted octanol–water partition coefficient (Wildman–Crippen LogP) is 3.51. The molecule has 1 aromatic heterocycles. The van der Waals surface area contributed by atoms with E-state index in [4.69, 9.17) is 9.73 Å². The van der Waals surface area contributed by atoms with Crippen LogP contribution in [0.2, 0.25) is 0 Å². The summed E-state index contributed by atoms with van der Waals surface area (Å²) in [6, 6.07) is 20.4. The molecule has 0 aliphatic carbocycles. The maximum atomic E-state index is 5.72. The number of rotatable bonds is 8. The average Bonchev–Trinajstić information content (AvgIpc) is 2.72. The first kappa shape index (κ1) is 18.9. The first-order chi connectivity index (χ1) is 13.4. The van der Waals surface area contributed by atoms with Crippen molar-refractivity contribution in [2.45, 2.75) is 20.1 Å². The predicted molar refractivity (Wildman–Crippen MR) is 111 cm³/mol. The van der Waals surface area contributed by atoms with Crippen molar-refractivity contribution in [3.63, 3.8) is 0 Å². The van der Waals surface area contributed by atoms with E-state index >= 15 is 0 Å². The van der Waals surface area contributed by atoms with Crippen LogP contribution in [0.4, 0.5) is 0 Å². The smallest absolute Gasteiger partial charge is 0.191 e. The molecule has 3 aromatic rings. The minimum Gasteiger partial charge on any atom is -0.375 e. The van der Waals surface area contributed by atoms with Gasteiger partial charge in [-0.05, 0) is 30.2 Å². The van der Waals surface area contributed by atoms with Crippen molar-refractivity contribution in [3.8, 4) is 0 Å². The monoisotopic (exact) mass is 362 g/mol. The van der Waals surface area contributed by atoms with E-state index in [0.29, 0.717) is 26.3 Å². The maximum Gasteiger partial charge on any atom is 0.191 e. The molecule has 0 spiro atoms. The number of aromatic nitrogens is 1. The van der Waals surface area contributed by atoms with Gasteiger partial charge in [-0.15, -0.1) is 0 Å². The van der Waals surface area contributed by atoms with Gasteiger partial charge >= 0.3 is 0 Å². The Morgan fingerprint density at radius 3 is 2.67 bits per heavy atom. The zero-order valence-corrected chi connectivity index (χ0v) is 15.7. The highest BCUT2D eigenvalue weighted by molar-refractivity contribution is 5.83. The summed E-state index contributed by atoms with van der Waals surface area (Å²) >= 11 is 0. The highest BCUT2D eigenvalue weighted by Gasteiger charge is 2.02. The largest absolute Gasteiger partial charge is 0.375 e. The standard InChI is InChI=1S/C22H26N4O/c1-2-23-22(25-14-15-27-17-18-8-4-3-5-9-18)26-16-19-12-13-24-21-11-7-6-10-20(19)21/h3-13H,2,14-17H2,1H3,(H2,23,25,26). The molecule has 0 amide bonds. The summed E-state index contributed by atoms with van der Waals surface area (Å²) in [6.45, 7) is 5.43. The summed E-state index contributed by atoms with van der Waals surface area (Å²) < 4.78 is 5.72. The van der Waals surface area contributed by atoms with Crippen molar-refractivity contribution >= 4 is 16.9 Å². The Hall–Kier alpha value is -2.92. The summed E-state index contributed by atoms with van der Waals surface area (Å²) in [5.74, 6) is 0.793. The van der Waals surface area contributed by atoms with E-state index in [2.05, 4.69) is 40.7 Å². The van der Waals surface area contributed by atoms with Crippen LogP contribution < -0.4 is 10.6 Å². The summed E-state index contributed by atoms with van der Waals surface area (Å²) in [5.41, 5.74) is 3.35. The van der Waals surface area contributed by atoms with Gasteiger partial charge in [-0.2, -0.15) is 0 Å². The Kier molecular flexibility index (Phi) is 7.18. The van der Waals surface area contributed by atoms with Gasteiger partial charge in [-0.25, -0.2) is 4.99 Å². The number of nitrogens with one attached hydrogen (secondary N) is 2. The molecule has 1 heterocycles. The van der Waals surface area contributed by atoms with E-state index in [0.717, 1.165) is 29.0 Å². The zero-order chi connectivity index (χ0) is 18.7. The number of para-hydroxylation sites is 1. The van der Waals surface area contributed by atoms with Gasteiger partial charge < -0.3 is 15.4 Å². The lowest BCUT2D eigenvalue weighted by Crippen LogP contribution is -2.38. The number of hydrogen-bond donors (Lipinski definition) is 2. The van der Waals surface area contributed by atoms with Crippen LogP contribution in [-0.4, -0.2) is 30.6 Å². The fourth-order valence-corrected chi connectivity index (χ4v) is 2.80. The number of benzene rings is 2. The highest BCUT2D eigenvalue weighted by Crippen LogP contribution is 2.16. The SMILES string of the molecule is CCNC(=NCc1ccnc2ccccc12)NCCOCc1ccccc1. The molecular weight excluding hydrogens is 336 g/mol. The van der Waals surface area contributed by atoms with Gasteiger partial charge in [0.25, 0.3) is 0 Å². The van der Waals surface area contributed by atoms with Crippen LogP contribution in [0.15, 0.2) is 71.9 Å². The third kappa shape index (κ3) is 5.79. The third-order valence-electron chi connectivity index (χ3n) is 4.14. The molecule has 0 aliphatic rings. The van der Waals surface area contributed by atoms with Gasteiger partial charge in [-0.1, -0.05) is 48.5 Å². The number of pyridine rings is 1. The van der Waals surface area contributed by atoms with Crippen molar-refractivity contribution in [1.29, 1.82) is 0 Å². The lowest BCUT2D eigenvalue weighted by atomic mass is 10.1. The average molecular weight is 362 g/mol. The van der Waals surface area contributed by atoms with Gasteiger partial charge in [-0.3, -0.25) is 4.98 Å². The van der Waals surface area contributed by atoms with Crippen LogP contribution in [0.3, 0.4) is 0 Å². The Balaban J connectivity index is 1.51.